The molecule has 1 heterocycles. The number of hydrogen-bond acceptors (Lipinski definition) is 4. The topological polar surface area (TPSA) is 71.1 Å². The highest BCUT2D eigenvalue weighted by Gasteiger charge is 2.12. The maximum Gasteiger partial charge on any atom is 0.254 e. The molecule has 2 N–H and O–H groups in total. The number of carbonyl (C=O) groups is 2. The maximum absolute atomic E-state index is 12.1. The van der Waals surface area contributed by atoms with Crippen molar-refractivity contribution >= 4 is 29.3 Å². The first-order chi connectivity index (χ1) is 11.7. The summed E-state index contributed by atoms with van der Waals surface area (Å²) in [6, 6.07) is 10.6. The SMILES string of the molecule is C#CCNC(=O)c1ccccc1NC(=O)CSCc1cccnc1. The summed E-state index contributed by atoms with van der Waals surface area (Å²) in [5.74, 6) is 2.85. The quantitative estimate of drug-likeness (QED) is 0.760. The monoisotopic (exact) mass is 339 g/mol. The molecule has 0 aliphatic carbocycles. The van der Waals surface area contributed by atoms with Crippen LogP contribution in [0, 0.1) is 12.3 Å². The molecule has 0 bridgehead atoms. The van der Waals surface area contributed by atoms with Crippen LogP contribution in [0.15, 0.2) is 48.8 Å². The molecule has 6 heteroatoms. The van der Waals surface area contributed by atoms with Gasteiger partial charge in [0.25, 0.3) is 5.91 Å². The Kier molecular flexibility index (Phi) is 6.87. The molecule has 1 aromatic carbocycles. The van der Waals surface area contributed by atoms with Gasteiger partial charge in [0.2, 0.25) is 5.91 Å². The first-order valence-electron chi connectivity index (χ1n) is 7.28. The lowest BCUT2D eigenvalue weighted by Gasteiger charge is -2.10. The van der Waals surface area contributed by atoms with E-state index >= 15 is 0 Å². The molecule has 0 radical (unpaired) electrons. The molecule has 0 saturated heterocycles. The first-order valence-corrected chi connectivity index (χ1v) is 8.43. The van der Waals surface area contributed by atoms with Gasteiger partial charge in [0.05, 0.1) is 23.5 Å². The van der Waals surface area contributed by atoms with E-state index < -0.39 is 0 Å². The van der Waals surface area contributed by atoms with Crippen LogP contribution >= 0.6 is 11.8 Å². The zero-order valence-electron chi connectivity index (χ0n) is 13.0. The Hall–Kier alpha value is -2.78. The third-order valence-electron chi connectivity index (χ3n) is 3.02. The van der Waals surface area contributed by atoms with Crippen molar-refractivity contribution in [2.75, 3.05) is 17.6 Å². The summed E-state index contributed by atoms with van der Waals surface area (Å²) >= 11 is 1.48. The van der Waals surface area contributed by atoms with Crippen LogP contribution in [0.3, 0.4) is 0 Å². The lowest BCUT2D eigenvalue weighted by molar-refractivity contribution is -0.113. The standard InChI is InChI=1S/C18H17N3O2S/c1-2-9-20-18(23)15-7-3-4-8-16(15)21-17(22)13-24-12-14-6-5-10-19-11-14/h1,3-8,10-11H,9,12-13H2,(H,20,23)(H,21,22). The van der Waals surface area contributed by atoms with Crippen LogP contribution in [0.2, 0.25) is 0 Å². The Bertz CT molecular complexity index is 741. The lowest BCUT2D eigenvalue weighted by atomic mass is 10.1. The van der Waals surface area contributed by atoms with Crippen LogP contribution in [0.5, 0.6) is 0 Å². The molecular formula is C18H17N3O2S. The van der Waals surface area contributed by atoms with Crippen molar-refractivity contribution in [3.63, 3.8) is 0 Å². The minimum atomic E-state index is -0.313. The fourth-order valence-corrected chi connectivity index (χ4v) is 2.71. The van der Waals surface area contributed by atoms with E-state index in [1.54, 1.807) is 36.7 Å². The van der Waals surface area contributed by atoms with E-state index in [1.165, 1.54) is 11.8 Å². The number of nitrogens with zero attached hydrogens (tertiary/aromatic N) is 1. The Morgan fingerprint density at radius 2 is 2.04 bits per heavy atom. The van der Waals surface area contributed by atoms with Gasteiger partial charge in [0.1, 0.15) is 0 Å². The van der Waals surface area contributed by atoms with E-state index in [1.807, 2.05) is 12.1 Å². The molecule has 0 unspecified atom stereocenters. The third-order valence-corrected chi connectivity index (χ3v) is 4.03. The Morgan fingerprint density at radius 3 is 2.79 bits per heavy atom. The van der Waals surface area contributed by atoms with Crippen molar-refractivity contribution in [3.05, 3.63) is 59.9 Å². The summed E-state index contributed by atoms with van der Waals surface area (Å²) in [6.07, 6.45) is 8.62. The van der Waals surface area contributed by atoms with E-state index in [-0.39, 0.29) is 24.1 Å². The van der Waals surface area contributed by atoms with Crippen LogP contribution in [-0.4, -0.2) is 29.1 Å². The molecule has 2 aromatic rings. The molecule has 0 fully saturated rings. The number of carbonyl (C=O) groups excluding carboxylic acids is 2. The maximum atomic E-state index is 12.1. The van der Waals surface area contributed by atoms with Crippen LogP contribution in [0.1, 0.15) is 15.9 Å². The van der Waals surface area contributed by atoms with Gasteiger partial charge in [0.15, 0.2) is 0 Å². The Labute approximate surface area is 145 Å². The van der Waals surface area contributed by atoms with E-state index in [2.05, 4.69) is 21.5 Å². The van der Waals surface area contributed by atoms with Crippen LogP contribution in [0.25, 0.3) is 0 Å². The molecule has 0 atom stereocenters. The lowest BCUT2D eigenvalue weighted by Crippen LogP contribution is -2.25. The molecule has 24 heavy (non-hydrogen) atoms. The van der Waals surface area contributed by atoms with E-state index in [0.29, 0.717) is 17.0 Å². The van der Waals surface area contributed by atoms with Crippen molar-refractivity contribution in [1.29, 1.82) is 0 Å². The minimum absolute atomic E-state index is 0.141. The van der Waals surface area contributed by atoms with Gasteiger partial charge in [-0.15, -0.1) is 18.2 Å². The summed E-state index contributed by atoms with van der Waals surface area (Å²) in [7, 11) is 0. The van der Waals surface area contributed by atoms with E-state index in [9.17, 15) is 9.59 Å². The van der Waals surface area contributed by atoms with Crippen molar-refractivity contribution in [2.45, 2.75) is 5.75 Å². The van der Waals surface area contributed by atoms with Crippen LogP contribution < -0.4 is 10.6 Å². The molecule has 0 aliphatic rings. The highest BCUT2D eigenvalue weighted by atomic mass is 32.2. The Morgan fingerprint density at radius 1 is 1.21 bits per heavy atom. The van der Waals surface area contributed by atoms with E-state index in [4.69, 9.17) is 6.42 Å². The number of rotatable bonds is 7. The van der Waals surface area contributed by atoms with Gasteiger partial charge in [-0.1, -0.05) is 24.1 Å². The molecule has 2 rings (SSSR count). The van der Waals surface area contributed by atoms with Crippen LogP contribution in [-0.2, 0) is 10.5 Å². The number of terminal acetylenes is 1. The van der Waals surface area contributed by atoms with Crippen molar-refractivity contribution in [3.8, 4) is 12.3 Å². The van der Waals surface area contributed by atoms with Gasteiger partial charge in [-0.3, -0.25) is 14.6 Å². The number of para-hydroxylation sites is 1. The Balaban J connectivity index is 1.89. The third kappa shape index (κ3) is 5.45. The zero-order valence-corrected chi connectivity index (χ0v) is 13.8. The highest BCUT2D eigenvalue weighted by Crippen LogP contribution is 2.16. The summed E-state index contributed by atoms with van der Waals surface area (Å²) < 4.78 is 0. The van der Waals surface area contributed by atoms with E-state index in [0.717, 1.165) is 5.56 Å². The van der Waals surface area contributed by atoms with Gasteiger partial charge in [0, 0.05) is 18.1 Å². The summed E-state index contributed by atoms with van der Waals surface area (Å²) in [5.41, 5.74) is 1.92. The molecule has 1 aromatic heterocycles. The highest BCUT2D eigenvalue weighted by molar-refractivity contribution is 7.99. The predicted molar refractivity (Wildman–Crippen MR) is 96.6 cm³/mol. The number of amides is 2. The van der Waals surface area contributed by atoms with Crippen molar-refractivity contribution in [2.24, 2.45) is 0 Å². The molecule has 2 amide bonds. The second-order valence-corrected chi connectivity index (χ2v) is 5.82. The van der Waals surface area contributed by atoms with Crippen LogP contribution in [0.4, 0.5) is 5.69 Å². The summed E-state index contributed by atoms with van der Waals surface area (Å²) in [6.45, 7) is 0.141. The smallest absolute Gasteiger partial charge is 0.254 e. The molecule has 0 aliphatic heterocycles. The molecule has 0 spiro atoms. The molecule has 5 nitrogen and oxygen atoms in total. The second kappa shape index (κ2) is 9.38. The van der Waals surface area contributed by atoms with Crippen molar-refractivity contribution in [1.82, 2.24) is 10.3 Å². The average molecular weight is 339 g/mol. The molecular weight excluding hydrogens is 322 g/mol. The summed E-state index contributed by atoms with van der Waals surface area (Å²) in [5, 5.41) is 5.35. The van der Waals surface area contributed by atoms with Gasteiger partial charge < -0.3 is 10.6 Å². The number of pyridine rings is 1. The van der Waals surface area contributed by atoms with Crippen molar-refractivity contribution < 1.29 is 9.59 Å². The number of nitrogens with one attached hydrogen (secondary N) is 2. The molecule has 0 saturated carbocycles. The normalized spacial score (nSPS) is 9.79. The van der Waals surface area contributed by atoms with Gasteiger partial charge in [-0.2, -0.15) is 0 Å². The number of benzene rings is 1. The molecule has 122 valence electrons. The summed E-state index contributed by atoms with van der Waals surface area (Å²) in [4.78, 5) is 28.1. The average Bonchev–Trinajstić information content (AvgIpc) is 2.61. The largest absolute Gasteiger partial charge is 0.341 e. The minimum Gasteiger partial charge on any atom is -0.341 e. The first kappa shape index (κ1) is 17.6. The number of hydrogen-bond donors (Lipinski definition) is 2. The van der Waals surface area contributed by atoms with Gasteiger partial charge in [-0.25, -0.2) is 0 Å². The second-order valence-electron chi connectivity index (χ2n) is 4.83. The van der Waals surface area contributed by atoms with Gasteiger partial charge >= 0.3 is 0 Å². The number of thioether (sulfide) groups is 1. The fourth-order valence-electron chi connectivity index (χ4n) is 1.95. The number of anilines is 1. The van der Waals surface area contributed by atoms with Gasteiger partial charge in [-0.05, 0) is 23.8 Å². The fraction of sp³-hybridized carbons (Fsp3) is 0.167. The number of aromatic nitrogens is 1. The predicted octanol–water partition coefficient (Wildman–Crippen LogP) is 2.32. The zero-order chi connectivity index (χ0) is 17.2.